The first-order chi connectivity index (χ1) is 10.4. The van der Waals surface area contributed by atoms with Crippen LogP contribution in [0.1, 0.15) is 37.3 Å². The molecule has 0 atom stereocenters. The molecule has 0 radical (unpaired) electrons. The molecule has 0 spiro atoms. The lowest BCUT2D eigenvalue weighted by Gasteiger charge is -2.13. The van der Waals surface area contributed by atoms with Crippen molar-refractivity contribution < 1.29 is 13.9 Å². The normalized spacial score (nSPS) is 10.8. The van der Waals surface area contributed by atoms with Crippen molar-refractivity contribution in [2.45, 2.75) is 26.8 Å². The maximum absolute atomic E-state index is 13.0. The van der Waals surface area contributed by atoms with Crippen LogP contribution in [0.15, 0.2) is 35.3 Å². The van der Waals surface area contributed by atoms with Crippen molar-refractivity contribution >= 4 is 5.97 Å². The van der Waals surface area contributed by atoms with Gasteiger partial charge in [-0.3, -0.25) is 9.48 Å². The van der Waals surface area contributed by atoms with Gasteiger partial charge >= 0.3 is 5.97 Å². The maximum atomic E-state index is 13.0. The van der Waals surface area contributed by atoms with Crippen LogP contribution in [0.25, 0.3) is 11.1 Å². The number of aromatic nitrogens is 2. The molecular weight excluding hydrogens is 287 g/mol. The van der Waals surface area contributed by atoms with Crippen LogP contribution in [-0.4, -0.2) is 22.4 Å². The molecule has 2 aromatic rings. The smallest absolute Gasteiger partial charge is 0.362 e. The van der Waals surface area contributed by atoms with Gasteiger partial charge < -0.3 is 4.74 Å². The molecule has 1 aromatic heterocycles. The molecular formula is C16H17FN2O3. The second-order valence-corrected chi connectivity index (χ2v) is 5.02. The van der Waals surface area contributed by atoms with E-state index >= 15 is 0 Å². The predicted octanol–water partition coefficient (Wildman–Crippen LogP) is 2.81. The lowest BCUT2D eigenvalue weighted by atomic mass is 10.1. The minimum Gasteiger partial charge on any atom is -0.461 e. The summed E-state index contributed by atoms with van der Waals surface area (Å²) in [5, 5.41) is 4.05. The van der Waals surface area contributed by atoms with Crippen molar-refractivity contribution in [3.8, 4) is 11.1 Å². The number of carbonyl (C=O) groups excluding carboxylic acids is 1. The molecule has 5 nitrogen and oxygen atoms in total. The third kappa shape index (κ3) is 3.21. The van der Waals surface area contributed by atoms with E-state index in [4.69, 9.17) is 4.74 Å². The Bertz CT molecular complexity index is 736. The van der Waals surface area contributed by atoms with E-state index in [-0.39, 0.29) is 23.9 Å². The van der Waals surface area contributed by atoms with Crippen molar-refractivity contribution in [3.63, 3.8) is 0 Å². The minimum absolute atomic E-state index is 0.0482. The standard InChI is InChI=1S/C16H17FN2O3/c1-4-22-16(21)14-15(20)13(9-19(18-14)10(2)3)11-5-7-12(17)8-6-11/h5-10H,4H2,1-3H3. The Balaban J connectivity index is 2.64. The van der Waals surface area contributed by atoms with Crippen molar-refractivity contribution in [2.75, 3.05) is 6.61 Å². The molecule has 0 aliphatic carbocycles. The summed E-state index contributed by atoms with van der Waals surface area (Å²) >= 11 is 0. The summed E-state index contributed by atoms with van der Waals surface area (Å²) in [5.41, 5.74) is 0.0137. The fourth-order valence-electron chi connectivity index (χ4n) is 1.94. The number of hydrogen-bond acceptors (Lipinski definition) is 4. The van der Waals surface area contributed by atoms with Gasteiger partial charge in [-0.05, 0) is 38.5 Å². The summed E-state index contributed by atoms with van der Waals surface area (Å²) in [7, 11) is 0. The lowest BCUT2D eigenvalue weighted by Crippen LogP contribution is -2.25. The molecule has 0 amide bonds. The van der Waals surface area contributed by atoms with Gasteiger partial charge in [-0.15, -0.1) is 0 Å². The van der Waals surface area contributed by atoms with E-state index in [1.807, 2.05) is 13.8 Å². The largest absolute Gasteiger partial charge is 0.461 e. The van der Waals surface area contributed by atoms with Gasteiger partial charge in [-0.2, -0.15) is 5.10 Å². The van der Waals surface area contributed by atoms with Gasteiger partial charge in [0.05, 0.1) is 6.61 Å². The molecule has 1 heterocycles. The Morgan fingerprint density at radius 2 is 1.95 bits per heavy atom. The molecule has 0 fully saturated rings. The highest BCUT2D eigenvalue weighted by atomic mass is 19.1. The van der Waals surface area contributed by atoms with Gasteiger partial charge in [0.25, 0.3) is 0 Å². The van der Waals surface area contributed by atoms with Gasteiger partial charge in [0.1, 0.15) is 5.82 Å². The van der Waals surface area contributed by atoms with Gasteiger partial charge in [0.15, 0.2) is 0 Å². The molecule has 0 unspecified atom stereocenters. The first-order valence-electron chi connectivity index (χ1n) is 7.00. The topological polar surface area (TPSA) is 61.2 Å². The van der Waals surface area contributed by atoms with Gasteiger partial charge in [0, 0.05) is 17.8 Å². The zero-order valence-corrected chi connectivity index (χ0v) is 12.7. The number of carbonyl (C=O) groups is 1. The highest BCUT2D eigenvalue weighted by Crippen LogP contribution is 2.17. The molecule has 0 N–H and O–H groups in total. The van der Waals surface area contributed by atoms with Crippen LogP contribution in [0.5, 0.6) is 0 Å². The van der Waals surface area contributed by atoms with Crippen LogP contribution >= 0.6 is 0 Å². The van der Waals surface area contributed by atoms with Gasteiger partial charge in [-0.25, -0.2) is 9.18 Å². The zero-order valence-electron chi connectivity index (χ0n) is 12.7. The second-order valence-electron chi connectivity index (χ2n) is 5.02. The summed E-state index contributed by atoms with van der Waals surface area (Å²) in [5.74, 6) is -1.15. The number of ether oxygens (including phenoxy) is 1. The molecule has 1 aromatic carbocycles. The molecule has 0 saturated heterocycles. The Morgan fingerprint density at radius 1 is 1.32 bits per heavy atom. The number of esters is 1. The van der Waals surface area contributed by atoms with Crippen LogP contribution in [0.3, 0.4) is 0 Å². The molecule has 2 rings (SSSR count). The molecule has 0 aliphatic rings. The first kappa shape index (κ1) is 15.9. The zero-order chi connectivity index (χ0) is 16.3. The van der Waals surface area contributed by atoms with E-state index < -0.39 is 17.2 Å². The third-order valence-electron chi connectivity index (χ3n) is 3.09. The Kier molecular flexibility index (Phi) is 4.70. The van der Waals surface area contributed by atoms with E-state index in [0.29, 0.717) is 5.56 Å². The molecule has 0 saturated carbocycles. The molecule has 0 aliphatic heterocycles. The average molecular weight is 304 g/mol. The number of hydrogen-bond donors (Lipinski definition) is 0. The van der Waals surface area contributed by atoms with Crippen LogP contribution < -0.4 is 5.43 Å². The summed E-state index contributed by atoms with van der Waals surface area (Å²) in [4.78, 5) is 24.4. The van der Waals surface area contributed by atoms with Crippen LogP contribution in [0.2, 0.25) is 0 Å². The van der Waals surface area contributed by atoms with E-state index in [1.165, 1.54) is 28.9 Å². The van der Waals surface area contributed by atoms with Crippen molar-refractivity contribution in [1.29, 1.82) is 0 Å². The van der Waals surface area contributed by atoms with Crippen LogP contribution in [-0.2, 0) is 4.74 Å². The molecule has 0 bridgehead atoms. The quantitative estimate of drug-likeness (QED) is 0.815. The van der Waals surface area contributed by atoms with Crippen molar-refractivity contribution in [3.05, 3.63) is 52.2 Å². The van der Waals surface area contributed by atoms with Crippen molar-refractivity contribution in [2.24, 2.45) is 0 Å². The van der Waals surface area contributed by atoms with Gasteiger partial charge in [0.2, 0.25) is 11.1 Å². The predicted molar refractivity (Wildman–Crippen MR) is 80.2 cm³/mol. The Hall–Kier alpha value is -2.50. The summed E-state index contributed by atoms with van der Waals surface area (Å²) < 4.78 is 19.4. The van der Waals surface area contributed by atoms with Crippen LogP contribution in [0.4, 0.5) is 4.39 Å². The maximum Gasteiger partial charge on any atom is 0.362 e. The Morgan fingerprint density at radius 3 is 2.50 bits per heavy atom. The highest BCUT2D eigenvalue weighted by molar-refractivity contribution is 5.88. The fourth-order valence-corrected chi connectivity index (χ4v) is 1.94. The van der Waals surface area contributed by atoms with E-state index in [1.54, 1.807) is 13.1 Å². The first-order valence-corrected chi connectivity index (χ1v) is 7.00. The fraction of sp³-hybridized carbons (Fsp3) is 0.312. The molecule has 6 heteroatoms. The van der Waals surface area contributed by atoms with Gasteiger partial charge in [-0.1, -0.05) is 12.1 Å². The Labute approximate surface area is 127 Å². The summed E-state index contributed by atoms with van der Waals surface area (Å²) in [6.45, 7) is 5.56. The highest BCUT2D eigenvalue weighted by Gasteiger charge is 2.19. The molecule has 116 valence electrons. The SMILES string of the molecule is CCOC(=O)c1nn(C(C)C)cc(-c2ccc(F)cc2)c1=O. The number of nitrogens with zero attached hydrogens (tertiary/aromatic N) is 2. The number of halogens is 1. The van der Waals surface area contributed by atoms with Crippen molar-refractivity contribution in [1.82, 2.24) is 9.78 Å². The van der Waals surface area contributed by atoms with E-state index in [9.17, 15) is 14.0 Å². The summed E-state index contributed by atoms with van der Waals surface area (Å²) in [6, 6.07) is 5.46. The lowest BCUT2D eigenvalue weighted by molar-refractivity contribution is 0.0514. The van der Waals surface area contributed by atoms with E-state index in [0.717, 1.165) is 0 Å². The second kappa shape index (κ2) is 6.51. The summed E-state index contributed by atoms with van der Waals surface area (Å²) in [6.07, 6.45) is 1.56. The number of rotatable bonds is 4. The molecule has 22 heavy (non-hydrogen) atoms. The monoisotopic (exact) mass is 304 g/mol. The average Bonchev–Trinajstić information content (AvgIpc) is 2.48. The third-order valence-corrected chi connectivity index (χ3v) is 3.09. The van der Waals surface area contributed by atoms with Crippen LogP contribution in [0, 0.1) is 5.82 Å². The number of benzene rings is 1. The van der Waals surface area contributed by atoms with E-state index in [2.05, 4.69) is 5.10 Å². The minimum atomic E-state index is -0.758.